The van der Waals surface area contributed by atoms with Gasteiger partial charge in [-0.05, 0) is 30.5 Å². The van der Waals surface area contributed by atoms with E-state index in [4.69, 9.17) is 4.74 Å². The standard InChI is InChI=1S/C13H15NO2/c1-3-13(15)14-8-4-5-10-6-7-11(16-2)9-12(10)14/h3,6-7,9H,1,4-5,8H2,2H3. The molecule has 16 heavy (non-hydrogen) atoms. The highest BCUT2D eigenvalue weighted by Crippen LogP contribution is 2.30. The van der Waals surface area contributed by atoms with Gasteiger partial charge in [-0.1, -0.05) is 12.6 Å². The zero-order valence-electron chi connectivity index (χ0n) is 9.40. The van der Waals surface area contributed by atoms with Crippen molar-refractivity contribution in [3.8, 4) is 5.75 Å². The Kier molecular flexibility index (Phi) is 2.95. The van der Waals surface area contributed by atoms with E-state index in [1.165, 1.54) is 11.6 Å². The summed E-state index contributed by atoms with van der Waals surface area (Å²) < 4.78 is 5.18. The first kappa shape index (κ1) is 10.7. The van der Waals surface area contributed by atoms with Gasteiger partial charge in [0.1, 0.15) is 5.75 Å². The predicted octanol–water partition coefficient (Wildman–Crippen LogP) is 2.16. The van der Waals surface area contributed by atoms with Gasteiger partial charge in [0.15, 0.2) is 0 Å². The topological polar surface area (TPSA) is 29.5 Å². The van der Waals surface area contributed by atoms with E-state index in [1.807, 2.05) is 18.2 Å². The van der Waals surface area contributed by atoms with E-state index in [0.717, 1.165) is 30.8 Å². The molecule has 0 N–H and O–H groups in total. The molecule has 0 atom stereocenters. The van der Waals surface area contributed by atoms with E-state index in [2.05, 4.69) is 6.58 Å². The van der Waals surface area contributed by atoms with Gasteiger partial charge in [0, 0.05) is 12.6 Å². The number of carbonyl (C=O) groups excluding carboxylic acids is 1. The summed E-state index contributed by atoms with van der Waals surface area (Å²) in [6.45, 7) is 4.28. The summed E-state index contributed by atoms with van der Waals surface area (Å²) in [5.74, 6) is 0.733. The Hall–Kier alpha value is -1.77. The van der Waals surface area contributed by atoms with Crippen LogP contribution in [-0.2, 0) is 11.2 Å². The zero-order valence-corrected chi connectivity index (χ0v) is 9.40. The van der Waals surface area contributed by atoms with Crippen molar-refractivity contribution in [3.63, 3.8) is 0 Å². The van der Waals surface area contributed by atoms with Gasteiger partial charge in [-0.2, -0.15) is 0 Å². The lowest BCUT2D eigenvalue weighted by Crippen LogP contribution is -2.34. The number of carbonyl (C=O) groups is 1. The smallest absolute Gasteiger partial charge is 0.250 e. The van der Waals surface area contributed by atoms with E-state index in [0.29, 0.717) is 0 Å². The molecule has 0 spiro atoms. The second-order valence-corrected chi connectivity index (χ2v) is 3.79. The van der Waals surface area contributed by atoms with Crippen LogP contribution in [-0.4, -0.2) is 19.6 Å². The SMILES string of the molecule is C=CC(=O)N1CCCc2ccc(OC)cc21. The maximum Gasteiger partial charge on any atom is 0.250 e. The molecule has 0 fully saturated rings. The number of hydrogen-bond acceptors (Lipinski definition) is 2. The number of hydrogen-bond donors (Lipinski definition) is 0. The van der Waals surface area contributed by atoms with Crippen molar-refractivity contribution in [2.75, 3.05) is 18.6 Å². The van der Waals surface area contributed by atoms with Crippen LogP contribution in [0.2, 0.25) is 0 Å². The summed E-state index contributed by atoms with van der Waals surface area (Å²) in [5.41, 5.74) is 2.15. The minimum atomic E-state index is -0.0470. The van der Waals surface area contributed by atoms with E-state index in [1.54, 1.807) is 12.0 Å². The molecule has 2 rings (SSSR count). The lowest BCUT2D eigenvalue weighted by molar-refractivity contribution is -0.114. The summed E-state index contributed by atoms with van der Waals surface area (Å²) in [4.78, 5) is 13.5. The fraction of sp³-hybridized carbons (Fsp3) is 0.308. The van der Waals surface area contributed by atoms with Gasteiger partial charge in [-0.25, -0.2) is 0 Å². The van der Waals surface area contributed by atoms with Gasteiger partial charge < -0.3 is 9.64 Å². The molecule has 3 nitrogen and oxygen atoms in total. The minimum Gasteiger partial charge on any atom is -0.497 e. The average molecular weight is 217 g/mol. The van der Waals surface area contributed by atoms with Crippen molar-refractivity contribution in [1.82, 2.24) is 0 Å². The fourth-order valence-electron chi connectivity index (χ4n) is 2.02. The van der Waals surface area contributed by atoms with Gasteiger partial charge in [0.2, 0.25) is 5.91 Å². The number of methoxy groups -OCH3 is 1. The number of rotatable bonds is 2. The number of aryl methyl sites for hydroxylation is 1. The third kappa shape index (κ3) is 1.81. The van der Waals surface area contributed by atoms with Gasteiger partial charge in [-0.15, -0.1) is 0 Å². The quantitative estimate of drug-likeness (QED) is 0.710. The summed E-state index contributed by atoms with van der Waals surface area (Å²) >= 11 is 0. The number of anilines is 1. The molecular weight excluding hydrogens is 202 g/mol. The molecule has 3 heteroatoms. The molecule has 0 aliphatic carbocycles. The predicted molar refractivity (Wildman–Crippen MR) is 63.9 cm³/mol. The molecule has 1 aliphatic rings. The van der Waals surface area contributed by atoms with Gasteiger partial charge in [0.25, 0.3) is 0 Å². The highest BCUT2D eigenvalue weighted by Gasteiger charge is 2.20. The van der Waals surface area contributed by atoms with Crippen LogP contribution >= 0.6 is 0 Å². The summed E-state index contributed by atoms with van der Waals surface area (Å²) in [7, 11) is 1.63. The van der Waals surface area contributed by atoms with Crippen LogP contribution in [0.4, 0.5) is 5.69 Å². The summed E-state index contributed by atoms with van der Waals surface area (Å²) in [6.07, 6.45) is 3.37. The number of benzene rings is 1. The van der Waals surface area contributed by atoms with Crippen LogP contribution in [0, 0.1) is 0 Å². The van der Waals surface area contributed by atoms with Gasteiger partial charge >= 0.3 is 0 Å². The first-order chi connectivity index (χ1) is 7.76. The van der Waals surface area contributed by atoms with Gasteiger partial charge in [0.05, 0.1) is 12.8 Å². The Morgan fingerprint density at radius 1 is 1.56 bits per heavy atom. The second-order valence-electron chi connectivity index (χ2n) is 3.79. The van der Waals surface area contributed by atoms with Crippen molar-refractivity contribution >= 4 is 11.6 Å². The molecule has 0 unspecified atom stereocenters. The van der Waals surface area contributed by atoms with E-state index >= 15 is 0 Å². The number of amides is 1. The van der Waals surface area contributed by atoms with Crippen molar-refractivity contribution in [2.45, 2.75) is 12.8 Å². The van der Waals surface area contributed by atoms with Gasteiger partial charge in [-0.3, -0.25) is 4.79 Å². The molecule has 0 bridgehead atoms. The third-order valence-electron chi connectivity index (χ3n) is 2.85. The van der Waals surface area contributed by atoms with Crippen molar-refractivity contribution in [2.24, 2.45) is 0 Å². The molecule has 1 aliphatic heterocycles. The normalized spacial score (nSPS) is 14.2. The largest absolute Gasteiger partial charge is 0.497 e. The van der Waals surface area contributed by atoms with E-state index in [-0.39, 0.29) is 5.91 Å². The van der Waals surface area contributed by atoms with E-state index < -0.39 is 0 Å². The van der Waals surface area contributed by atoms with Crippen LogP contribution in [0.15, 0.2) is 30.9 Å². The van der Waals surface area contributed by atoms with E-state index in [9.17, 15) is 4.79 Å². The molecule has 0 saturated heterocycles. The number of ether oxygens (including phenoxy) is 1. The van der Waals surface area contributed by atoms with Crippen LogP contribution in [0.25, 0.3) is 0 Å². The number of fused-ring (bicyclic) bond motifs is 1. The first-order valence-electron chi connectivity index (χ1n) is 5.37. The highest BCUT2D eigenvalue weighted by molar-refractivity contribution is 6.02. The Labute approximate surface area is 95.3 Å². The molecule has 84 valence electrons. The Bertz CT molecular complexity index is 426. The lowest BCUT2D eigenvalue weighted by atomic mass is 10.0. The van der Waals surface area contributed by atoms with Crippen molar-refractivity contribution < 1.29 is 9.53 Å². The molecule has 1 amide bonds. The van der Waals surface area contributed by atoms with Crippen LogP contribution in [0.1, 0.15) is 12.0 Å². The molecule has 1 aromatic rings. The Morgan fingerprint density at radius 3 is 3.06 bits per heavy atom. The monoisotopic (exact) mass is 217 g/mol. The molecule has 0 aromatic heterocycles. The van der Waals surface area contributed by atoms with Crippen molar-refractivity contribution in [1.29, 1.82) is 0 Å². The fourth-order valence-corrected chi connectivity index (χ4v) is 2.02. The first-order valence-corrected chi connectivity index (χ1v) is 5.37. The zero-order chi connectivity index (χ0) is 11.5. The maximum atomic E-state index is 11.7. The van der Waals surface area contributed by atoms with Crippen LogP contribution in [0.3, 0.4) is 0 Å². The maximum absolute atomic E-state index is 11.7. The molecule has 0 saturated carbocycles. The Balaban J connectivity index is 2.42. The summed E-state index contributed by atoms with van der Waals surface area (Å²) in [5, 5.41) is 0. The Morgan fingerprint density at radius 2 is 2.38 bits per heavy atom. The lowest BCUT2D eigenvalue weighted by Gasteiger charge is -2.28. The summed E-state index contributed by atoms with van der Waals surface area (Å²) in [6, 6.07) is 5.87. The number of nitrogens with zero attached hydrogens (tertiary/aromatic N) is 1. The molecule has 1 heterocycles. The second kappa shape index (κ2) is 4.39. The van der Waals surface area contributed by atoms with Crippen LogP contribution in [0.5, 0.6) is 5.75 Å². The molecular formula is C13H15NO2. The van der Waals surface area contributed by atoms with Crippen molar-refractivity contribution in [3.05, 3.63) is 36.4 Å². The molecule has 0 radical (unpaired) electrons. The average Bonchev–Trinajstić information content (AvgIpc) is 2.36. The molecule has 1 aromatic carbocycles. The third-order valence-corrected chi connectivity index (χ3v) is 2.85. The highest BCUT2D eigenvalue weighted by atomic mass is 16.5. The minimum absolute atomic E-state index is 0.0470. The van der Waals surface area contributed by atoms with Crippen LogP contribution < -0.4 is 9.64 Å².